The summed E-state index contributed by atoms with van der Waals surface area (Å²) in [4.78, 5) is 23.0. The van der Waals surface area contributed by atoms with Gasteiger partial charge in [0.15, 0.2) is 11.5 Å². The van der Waals surface area contributed by atoms with Crippen LogP contribution in [0.3, 0.4) is 0 Å². The smallest absolute Gasteiger partial charge is 0.309 e. The van der Waals surface area contributed by atoms with E-state index in [9.17, 15) is 9.59 Å². The van der Waals surface area contributed by atoms with Gasteiger partial charge in [-0.25, -0.2) is 0 Å². The fourth-order valence-corrected chi connectivity index (χ4v) is 2.25. The van der Waals surface area contributed by atoms with Gasteiger partial charge in [0.2, 0.25) is 11.7 Å². The molecule has 0 aromatic heterocycles. The highest BCUT2D eigenvalue weighted by atomic mass is 16.5. The van der Waals surface area contributed by atoms with Gasteiger partial charge in [0.05, 0.1) is 26.7 Å². The van der Waals surface area contributed by atoms with E-state index in [0.717, 1.165) is 5.56 Å². The fraction of sp³-hybridized carbons (Fsp3) is 0.556. The van der Waals surface area contributed by atoms with Gasteiger partial charge in [0.25, 0.3) is 0 Å². The van der Waals surface area contributed by atoms with Gasteiger partial charge >= 0.3 is 5.97 Å². The maximum absolute atomic E-state index is 12.0. The van der Waals surface area contributed by atoms with Gasteiger partial charge in [0, 0.05) is 13.0 Å². The van der Waals surface area contributed by atoms with Crippen LogP contribution in [0.1, 0.15) is 32.3 Å². The van der Waals surface area contributed by atoms with E-state index in [1.807, 2.05) is 12.1 Å². The van der Waals surface area contributed by atoms with Gasteiger partial charge in [-0.2, -0.15) is 0 Å². The average Bonchev–Trinajstić information content (AvgIpc) is 2.58. The molecule has 0 fully saturated rings. The molecular formula is C18H27NO6. The highest BCUT2D eigenvalue weighted by Gasteiger charge is 2.26. The molecule has 0 aliphatic carbocycles. The Kier molecular flexibility index (Phi) is 7.54. The Balaban J connectivity index is 2.60. The number of amides is 1. The topological polar surface area (TPSA) is 94.1 Å². The molecule has 7 nitrogen and oxygen atoms in total. The van der Waals surface area contributed by atoms with Crippen molar-refractivity contribution in [3.05, 3.63) is 17.7 Å². The van der Waals surface area contributed by atoms with E-state index in [-0.39, 0.29) is 12.3 Å². The lowest BCUT2D eigenvalue weighted by molar-refractivity contribution is -0.147. The Morgan fingerprint density at radius 1 is 1.08 bits per heavy atom. The summed E-state index contributed by atoms with van der Waals surface area (Å²) in [6.07, 6.45) is 1.16. The largest absolute Gasteiger partial charge is 0.493 e. The number of carbonyl (C=O) groups excluding carboxylic acids is 1. The van der Waals surface area contributed by atoms with E-state index >= 15 is 0 Å². The van der Waals surface area contributed by atoms with Crippen molar-refractivity contribution < 1.29 is 28.9 Å². The van der Waals surface area contributed by atoms with Crippen LogP contribution in [0.4, 0.5) is 0 Å². The second-order valence-corrected chi connectivity index (χ2v) is 6.32. The molecule has 7 heteroatoms. The van der Waals surface area contributed by atoms with E-state index in [1.165, 1.54) is 21.3 Å². The molecule has 1 amide bonds. The van der Waals surface area contributed by atoms with Crippen molar-refractivity contribution in [1.29, 1.82) is 0 Å². The molecule has 1 aromatic carbocycles. The highest BCUT2D eigenvalue weighted by Crippen LogP contribution is 2.38. The molecule has 0 atom stereocenters. The summed E-state index contributed by atoms with van der Waals surface area (Å²) in [5.41, 5.74) is 0.0276. The van der Waals surface area contributed by atoms with Crippen molar-refractivity contribution >= 4 is 11.9 Å². The molecule has 0 unspecified atom stereocenters. The number of carboxylic acid groups (broad SMARTS) is 1. The number of benzene rings is 1. The molecule has 0 radical (unpaired) electrons. The lowest BCUT2D eigenvalue weighted by Crippen LogP contribution is -2.32. The van der Waals surface area contributed by atoms with Crippen molar-refractivity contribution in [2.24, 2.45) is 5.41 Å². The first-order valence-electron chi connectivity index (χ1n) is 8.04. The molecule has 140 valence electrons. The van der Waals surface area contributed by atoms with Gasteiger partial charge in [-0.1, -0.05) is 0 Å². The summed E-state index contributed by atoms with van der Waals surface area (Å²) in [6.45, 7) is 3.60. The highest BCUT2D eigenvalue weighted by molar-refractivity contribution is 5.76. The maximum atomic E-state index is 12.0. The lowest BCUT2D eigenvalue weighted by Gasteiger charge is -2.19. The molecule has 0 aliphatic heterocycles. The normalized spacial score (nSPS) is 10.9. The van der Waals surface area contributed by atoms with Crippen LogP contribution in [0.2, 0.25) is 0 Å². The minimum absolute atomic E-state index is 0.130. The Morgan fingerprint density at radius 2 is 1.64 bits per heavy atom. The molecule has 25 heavy (non-hydrogen) atoms. The first-order chi connectivity index (χ1) is 11.7. The Hall–Kier alpha value is -2.44. The summed E-state index contributed by atoms with van der Waals surface area (Å²) >= 11 is 0. The maximum Gasteiger partial charge on any atom is 0.309 e. The zero-order valence-electron chi connectivity index (χ0n) is 15.5. The molecule has 0 aliphatic rings. The SMILES string of the molecule is COc1cc(CCC(=O)NCCC(C)(C)C(=O)O)cc(OC)c1OC. The number of aryl methyl sites for hydroxylation is 1. The zero-order valence-corrected chi connectivity index (χ0v) is 15.5. The van der Waals surface area contributed by atoms with E-state index in [2.05, 4.69) is 5.32 Å². The molecule has 2 N–H and O–H groups in total. The molecule has 0 saturated heterocycles. The number of nitrogens with one attached hydrogen (secondary N) is 1. The van der Waals surface area contributed by atoms with E-state index in [0.29, 0.717) is 36.6 Å². The first-order valence-corrected chi connectivity index (χ1v) is 8.04. The monoisotopic (exact) mass is 353 g/mol. The zero-order chi connectivity index (χ0) is 19.0. The van der Waals surface area contributed by atoms with Crippen LogP contribution in [0.5, 0.6) is 17.2 Å². The number of methoxy groups -OCH3 is 3. The van der Waals surface area contributed by atoms with Crippen LogP contribution < -0.4 is 19.5 Å². The molecule has 0 saturated carbocycles. The third-order valence-electron chi connectivity index (χ3n) is 4.02. The number of hydrogen-bond donors (Lipinski definition) is 2. The Morgan fingerprint density at radius 3 is 2.08 bits per heavy atom. The lowest BCUT2D eigenvalue weighted by atomic mass is 9.90. The van der Waals surface area contributed by atoms with Crippen molar-refractivity contribution in [1.82, 2.24) is 5.32 Å². The number of aliphatic carboxylic acids is 1. The van der Waals surface area contributed by atoms with E-state index in [1.54, 1.807) is 13.8 Å². The Labute approximate surface area is 148 Å². The molecule has 1 rings (SSSR count). The average molecular weight is 353 g/mol. The van der Waals surface area contributed by atoms with Gasteiger partial charge in [0.1, 0.15) is 0 Å². The number of rotatable bonds is 10. The summed E-state index contributed by atoms with van der Waals surface area (Å²) in [5.74, 6) is 0.587. The van der Waals surface area contributed by atoms with Crippen molar-refractivity contribution in [3.8, 4) is 17.2 Å². The van der Waals surface area contributed by atoms with Gasteiger partial charge in [-0.05, 0) is 44.4 Å². The van der Waals surface area contributed by atoms with Crippen molar-refractivity contribution in [3.63, 3.8) is 0 Å². The molecule has 0 heterocycles. The number of carboxylic acids is 1. The van der Waals surface area contributed by atoms with Crippen LogP contribution in [0.25, 0.3) is 0 Å². The quantitative estimate of drug-likeness (QED) is 0.670. The van der Waals surface area contributed by atoms with E-state index < -0.39 is 11.4 Å². The standard InChI is InChI=1S/C18H27NO6/c1-18(2,17(21)22)8-9-19-15(20)7-6-12-10-13(23-3)16(25-5)14(11-12)24-4/h10-11H,6-9H2,1-5H3,(H,19,20)(H,21,22). The summed E-state index contributed by atoms with van der Waals surface area (Å²) < 4.78 is 15.8. The summed E-state index contributed by atoms with van der Waals surface area (Å²) in [6, 6.07) is 3.62. The van der Waals surface area contributed by atoms with Crippen molar-refractivity contribution in [2.75, 3.05) is 27.9 Å². The van der Waals surface area contributed by atoms with Crippen LogP contribution in [-0.4, -0.2) is 44.9 Å². The minimum Gasteiger partial charge on any atom is -0.493 e. The molecule has 0 bridgehead atoms. The summed E-state index contributed by atoms with van der Waals surface area (Å²) in [5, 5.41) is 11.8. The third-order valence-corrected chi connectivity index (χ3v) is 4.02. The van der Waals surface area contributed by atoms with Gasteiger partial charge in [-0.3, -0.25) is 9.59 Å². The third kappa shape index (κ3) is 5.85. The fourth-order valence-electron chi connectivity index (χ4n) is 2.25. The second-order valence-electron chi connectivity index (χ2n) is 6.32. The molecule has 1 aromatic rings. The predicted octanol–water partition coefficient (Wildman–Crippen LogP) is 2.26. The van der Waals surface area contributed by atoms with Crippen LogP contribution >= 0.6 is 0 Å². The summed E-state index contributed by atoms with van der Waals surface area (Å²) in [7, 11) is 4.61. The van der Waals surface area contributed by atoms with E-state index in [4.69, 9.17) is 19.3 Å². The second kappa shape index (κ2) is 9.15. The van der Waals surface area contributed by atoms with Gasteiger partial charge in [-0.15, -0.1) is 0 Å². The van der Waals surface area contributed by atoms with Crippen LogP contribution in [-0.2, 0) is 16.0 Å². The number of ether oxygens (including phenoxy) is 3. The number of hydrogen-bond acceptors (Lipinski definition) is 5. The first kappa shape index (κ1) is 20.6. The molecule has 0 spiro atoms. The minimum atomic E-state index is -0.876. The van der Waals surface area contributed by atoms with Crippen LogP contribution in [0.15, 0.2) is 12.1 Å². The predicted molar refractivity (Wildman–Crippen MR) is 93.5 cm³/mol. The van der Waals surface area contributed by atoms with Gasteiger partial charge < -0.3 is 24.6 Å². The Bertz CT molecular complexity index is 587. The van der Waals surface area contributed by atoms with Crippen molar-refractivity contribution in [2.45, 2.75) is 33.1 Å². The van der Waals surface area contributed by atoms with Crippen LogP contribution in [0, 0.1) is 5.41 Å². The number of carbonyl (C=O) groups is 2. The molecular weight excluding hydrogens is 326 g/mol.